The summed E-state index contributed by atoms with van der Waals surface area (Å²) < 4.78 is 44.0. The van der Waals surface area contributed by atoms with Crippen LogP contribution in [0.25, 0.3) is 0 Å². The number of halogens is 3. The van der Waals surface area contributed by atoms with E-state index in [1.165, 1.54) is 29.1 Å². The maximum absolute atomic E-state index is 14.1. The third-order valence-electron chi connectivity index (χ3n) is 14.0. The van der Waals surface area contributed by atoms with E-state index in [4.69, 9.17) is 0 Å². The van der Waals surface area contributed by atoms with Gasteiger partial charge in [0.25, 0.3) is 23.6 Å². The Kier molecular flexibility index (Phi) is 11.0. The molecule has 6 aliphatic heterocycles. The van der Waals surface area contributed by atoms with Gasteiger partial charge in [-0.3, -0.25) is 28.8 Å². The summed E-state index contributed by atoms with van der Waals surface area (Å²) in [6.07, 6.45) is 10.3. The molecular formula is C46H49F3N6O8. The van der Waals surface area contributed by atoms with Gasteiger partial charge in [0.2, 0.25) is 10.9 Å². The molecule has 2 aliphatic carbocycles. The van der Waals surface area contributed by atoms with Crippen LogP contribution in [0.15, 0.2) is 58.4 Å². The summed E-state index contributed by atoms with van der Waals surface area (Å²) in [6, 6.07) is 7.66. The number of nitrogens with zero attached hydrogens (tertiary/aromatic N) is 4. The second kappa shape index (κ2) is 16.1. The van der Waals surface area contributed by atoms with Crippen molar-refractivity contribution in [3.8, 4) is 11.5 Å². The molecule has 6 fully saturated rings. The molecule has 332 valence electrons. The number of fused-ring (bicyclic) bond motifs is 6. The van der Waals surface area contributed by atoms with Crippen molar-refractivity contribution in [2.75, 3.05) is 13.1 Å². The van der Waals surface area contributed by atoms with Crippen molar-refractivity contribution in [1.82, 2.24) is 29.6 Å². The van der Waals surface area contributed by atoms with Crippen LogP contribution in [0.4, 0.5) is 13.2 Å². The summed E-state index contributed by atoms with van der Waals surface area (Å²) >= 11 is 0. The molecule has 4 aromatic rings. The van der Waals surface area contributed by atoms with Crippen molar-refractivity contribution in [2.45, 2.75) is 103 Å². The Morgan fingerprint density at radius 1 is 0.667 bits per heavy atom. The summed E-state index contributed by atoms with van der Waals surface area (Å²) in [5, 5.41) is 26.0. The zero-order chi connectivity index (χ0) is 43.8. The molecule has 2 spiro atoms. The summed E-state index contributed by atoms with van der Waals surface area (Å²) in [5.74, 6) is -4.77. The third-order valence-corrected chi connectivity index (χ3v) is 14.0. The number of amides is 4. The topological polar surface area (TPSA) is 183 Å². The molecular weight excluding hydrogens is 822 g/mol. The molecule has 0 radical (unpaired) electrons. The number of aromatic hydroxyl groups is 2. The van der Waals surface area contributed by atoms with E-state index in [-0.39, 0.29) is 71.5 Å². The highest BCUT2D eigenvalue weighted by Gasteiger charge is 2.54. The van der Waals surface area contributed by atoms with Gasteiger partial charge in [-0.25, -0.2) is 13.2 Å². The number of piperidine rings is 4. The molecule has 14 nitrogen and oxygen atoms in total. The number of carbonyl (C=O) groups is 4. The largest absolute Gasteiger partial charge is 0.503 e. The lowest BCUT2D eigenvalue weighted by Gasteiger charge is -2.57. The molecule has 2 saturated carbocycles. The average Bonchev–Trinajstić information content (AvgIpc) is 3.25. The second-order valence-electron chi connectivity index (χ2n) is 17.8. The number of aryl methyl sites for hydroxylation is 1. The first-order valence-electron chi connectivity index (χ1n) is 20.9. The predicted octanol–water partition coefficient (Wildman–Crippen LogP) is 5.13. The summed E-state index contributed by atoms with van der Waals surface area (Å²) in [7, 11) is 0. The van der Waals surface area contributed by atoms with Gasteiger partial charge in [0.1, 0.15) is 28.6 Å². The molecule has 2 aromatic heterocycles. The number of carbonyl (C=O) groups excluding carboxylic acids is 4. The van der Waals surface area contributed by atoms with Gasteiger partial charge >= 0.3 is 0 Å². The number of aromatic nitrogens is 2. The fourth-order valence-corrected chi connectivity index (χ4v) is 10.5. The molecule has 8 aliphatic rings. The number of pyridine rings is 2. The van der Waals surface area contributed by atoms with Crippen LogP contribution >= 0.6 is 0 Å². The summed E-state index contributed by atoms with van der Waals surface area (Å²) in [4.78, 5) is 80.6. The lowest BCUT2D eigenvalue weighted by atomic mass is 9.69. The van der Waals surface area contributed by atoms with Gasteiger partial charge in [0.15, 0.2) is 22.9 Å². The minimum Gasteiger partial charge on any atom is -0.503 e. The quantitative estimate of drug-likeness (QED) is 0.206. The fourth-order valence-electron chi connectivity index (χ4n) is 10.5. The summed E-state index contributed by atoms with van der Waals surface area (Å²) in [6.45, 7) is 3.54. The number of hydrogen-bond donors (Lipinski definition) is 4. The number of rotatable bonds is 6. The van der Waals surface area contributed by atoms with Crippen LogP contribution < -0.4 is 21.5 Å². The maximum Gasteiger partial charge on any atom is 0.275 e. The average molecular weight is 871 g/mol. The maximum atomic E-state index is 14.1. The van der Waals surface area contributed by atoms with E-state index in [0.29, 0.717) is 49.6 Å². The molecule has 8 heterocycles. The molecule has 0 unspecified atom stereocenters. The van der Waals surface area contributed by atoms with E-state index in [2.05, 4.69) is 10.6 Å². The first-order chi connectivity index (χ1) is 29.6. The highest BCUT2D eigenvalue weighted by atomic mass is 19.1. The van der Waals surface area contributed by atoms with E-state index >= 15 is 0 Å². The molecule has 63 heavy (non-hydrogen) atoms. The predicted molar refractivity (Wildman–Crippen MR) is 223 cm³/mol. The van der Waals surface area contributed by atoms with Gasteiger partial charge in [-0.2, -0.15) is 0 Å². The Morgan fingerprint density at radius 2 is 1.08 bits per heavy atom. The Morgan fingerprint density at radius 3 is 1.49 bits per heavy atom. The van der Waals surface area contributed by atoms with Crippen LogP contribution in [-0.4, -0.2) is 76.9 Å². The van der Waals surface area contributed by atoms with Gasteiger partial charge in [-0.15, -0.1) is 0 Å². The van der Waals surface area contributed by atoms with Gasteiger partial charge in [-0.1, -0.05) is 25.6 Å². The minimum absolute atomic E-state index is 0. The Hall–Kier alpha value is -6.39. The Bertz CT molecular complexity index is 2520. The first kappa shape index (κ1) is 43.3. The third kappa shape index (κ3) is 7.34. The van der Waals surface area contributed by atoms with E-state index in [0.717, 1.165) is 63.0 Å². The zero-order valence-electron chi connectivity index (χ0n) is 33.9. The van der Waals surface area contributed by atoms with Crippen molar-refractivity contribution in [3.63, 3.8) is 0 Å². The van der Waals surface area contributed by atoms with Gasteiger partial charge in [-0.05, 0) is 87.8 Å². The highest BCUT2D eigenvalue weighted by Crippen LogP contribution is 2.48. The van der Waals surface area contributed by atoms with Gasteiger partial charge < -0.3 is 39.8 Å². The normalized spacial score (nSPS) is 23.6. The first-order valence-corrected chi connectivity index (χ1v) is 20.9. The smallest absolute Gasteiger partial charge is 0.275 e. The zero-order valence-corrected chi connectivity index (χ0v) is 33.9. The standard InChI is InChI=1S/C23H24FN3O4.C22H21F2N3O4.CH4/c1-13-2-3-15(17(24)8-13)9-25-21(30)16-11-26-12-23-6-4-14(5-7-23)10-27(23)22(31)18(26)20(29)19(16)28;23-14-2-1-13(16(24)7-14)8-25-20(30)15-10-26-11-22-5-3-12(4-6-22)9-27(22)21(31)17(26)19(29)18(15)28;/h2-3,8,11,14,29H,4-7,9-10,12H2,1H3,(H,25,30);1-2,7,10,12,29H,3-6,8-9,11H2,(H,25,30);1H4. The summed E-state index contributed by atoms with van der Waals surface area (Å²) in [5.41, 5.74) is -2.12. The molecule has 12 rings (SSSR count). The number of benzene rings is 2. The minimum atomic E-state index is -0.949. The van der Waals surface area contributed by atoms with Gasteiger partial charge in [0.05, 0.1) is 11.1 Å². The van der Waals surface area contributed by atoms with Gasteiger partial charge in [0, 0.05) is 68.9 Å². The fraction of sp³-hybridized carbons (Fsp3) is 0.435. The molecule has 2 aromatic carbocycles. The lowest BCUT2D eigenvalue weighted by Crippen LogP contribution is -2.65. The van der Waals surface area contributed by atoms with Crippen molar-refractivity contribution in [1.29, 1.82) is 0 Å². The SMILES string of the molecule is C.Cc1ccc(CNC(=O)c2cn3c(c(O)c2=O)C(=O)N2CC4CCC2(CC4)C3)c(F)c1.O=C(NCc1ccc(F)cc1F)c1cn2c(c(O)c1=O)C(=O)N1CC3CCC1(CC3)C2. The Labute approximate surface area is 360 Å². The molecule has 0 atom stereocenters. The van der Waals surface area contributed by atoms with Crippen LogP contribution in [0, 0.1) is 36.2 Å². The Balaban J connectivity index is 0.000000170. The highest BCUT2D eigenvalue weighted by molar-refractivity contribution is 6.00. The lowest BCUT2D eigenvalue weighted by molar-refractivity contribution is -0.0393. The van der Waals surface area contributed by atoms with E-state index in [1.807, 2.05) is 4.90 Å². The van der Waals surface area contributed by atoms with E-state index in [1.54, 1.807) is 28.5 Å². The van der Waals surface area contributed by atoms with Crippen molar-refractivity contribution >= 4 is 23.6 Å². The van der Waals surface area contributed by atoms with E-state index in [9.17, 15) is 52.2 Å². The van der Waals surface area contributed by atoms with Crippen LogP contribution in [0.3, 0.4) is 0 Å². The van der Waals surface area contributed by atoms with E-state index < -0.39 is 51.6 Å². The van der Waals surface area contributed by atoms with Crippen LogP contribution in [0.5, 0.6) is 11.5 Å². The van der Waals surface area contributed by atoms with Crippen LogP contribution in [0.2, 0.25) is 0 Å². The van der Waals surface area contributed by atoms with Crippen LogP contribution in [-0.2, 0) is 26.2 Å². The monoisotopic (exact) mass is 870 g/mol. The van der Waals surface area contributed by atoms with Crippen molar-refractivity contribution in [2.24, 2.45) is 11.8 Å². The second-order valence-corrected chi connectivity index (χ2v) is 17.8. The van der Waals surface area contributed by atoms with Crippen molar-refractivity contribution in [3.05, 3.63) is 126 Å². The molecule has 4 saturated heterocycles. The molecule has 4 amide bonds. The van der Waals surface area contributed by atoms with Crippen LogP contribution in [0.1, 0.15) is 117 Å². The number of hydrogen-bond acceptors (Lipinski definition) is 8. The molecule has 17 heteroatoms. The van der Waals surface area contributed by atoms with Crippen molar-refractivity contribution < 1.29 is 42.6 Å². The molecule has 4 bridgehead atoms. The molecule has 4 N–H and O–H groups in total. The number of nitrogens with one attached hydrogen (secondary N) is 2.